The highest BCUT2D eigenvalue weighted by Gasteiger charge is 2.32. The van der Waals surface area contributed by atoms with E-state index in [1.54, 1.807) is 13.8 Å². The van der Waals surface area contributed by atoms with E-state index in [0.717, 1.165) is 25.7 Å². The number of ether oxygens (including phenoxy) is 1. The number of esters is 1. The molecule has 1 aromatic heterocycles. The monoisotopic (exact) mass is 414 g/mol. The summed E-state index contributed by atoms with van der Waals surface area (Å²) in [6, 6.07) is 5.37. The van der Waals surface area contributed by atoms with Crippen LogP contribution in [0.5, 0.6) is 0 Å². The average Bonchev–Trinajstić information content (AvgIpc) is 3.07. The van der Waals surface area contributed by atoms with Crippen LogP contribution < -0.4 is 5.32 Å². The van der Waals surface area contributed by atoms with E-state index in [1.165, 1.54) is 24.3 Å². The van der Waals surface area contributed by atoms with Gasteiger partial charge >= 0.3 is 5.97 Å². The molecule has 1 amide bonds. The molecule has 0 bridgehead atoms. The van der Waals surface area contributed by atoms with Crippen LogP contribution in [0.1, 0.15) is 66.1 Å². The maximum Gasteiger partial charge on any atom is 0.340 e. The minimum absolute atomic E-state index is 0.00289. The van der Waals surface area contributed by atoms with Crippen molar-refractivity contribution in [1.82, 2.24) is 10.3 Å². The lowest BCUT2D eigenvalue weighted by Gasteiger charge is -2.29. The van der Waals surface area contributed by atoms with Gasteiger partial charge in [-0.15, -0.1) is 0 Å². The van der Waals surface area contributed by atoms with Crippen LogP contribution >= 0.6 is 0 Å². The Balaban J connectivity index is 1.99. The first kappa shape index (κ1) is 21.7. The van der Waals surface area contributed by atoms with Gasteiger partial charge in [0.05, 0.1) is 12.2 Å². The number of amides is 1. The van der Waals surface area contributed by atoms with E-state index in [1.807, 2.05) is 0 Å². The molecule has 1 aromatic carbocycles. The number of benzene rings is 1. The highest BCUT2D eigenvalue weighted by Crippen LogP contribution is 2.32. The molecule has 0 saturated heterocycles. The first-order valence-electron chi connectivity index (χ1n) is 10.3. The van der Waals surface area contributed by atoms with Crippen molar-refractivity contribution in [3.63, 3.8) is 0 Å². The van der Waals surface area contributed by atoms with Gasteiger partial charge in [-0.2, -0.15) is 0 Å². The summed E-state index contributed by atoms with van der Waals surface area (Å²) in [5.74, 6) is -2.22. The van der Waals surface area contributed by atoms with E-state index in [2.05, 4.69) is 17.2 Å². The predicted molar refractivity (Wildman–Crippen MR) is 111 cm³/mol. The van der Waals surface area contributed by atoms with Gasteiger partial charge in [0.1, 0.15) is 11.5 Å². The number of Topliss-reactive ketones (excluding diaryl/α,β-unsaturated/α-hetero) is 1. The van der Waals surface area contributed by atoms with Crippen molar-refractivity contribution >= 4 is 17.7 Å². The maximum absolute atomic E-state index is 13.4. The number of aryl methyl sites for hydroxylation is 1. The number of aromatic amines is 1. The molecule has 2 atom stereocenters. The van der Waals surface area contributed by atoms with Gasteiger partial charge in [-0.05, 0) is 50.3 Å². The van der Waals surface area contributed by atoms with Crippen LogP contribution in [0.2, 0.25) is 0 Å². The molecular formula is C23H27FN2O4. The molecule has 6 nitrogen and oxygen atoms in total. The van der Waals surface area contributed by atoms with Crippen LogP contribution in [0.25, 0.3) is 11.1 Å². The van der Waals surface area contributed by atoms with Crippen molar-refractivity contribution in [1.29, 1.82) is 0 Å². The molecule has 1 fully saturated rings. The topological polar surface area (TPSA) is 88.3 Å². The summed E-state index contributed by atoms with van der Waals surface area (Å²) in [7, 11) is 0. The SMILES string of the molecule is CCOC(=O)c1c(C)[nH]c(C(=O)C(=O)N[C@H]2CCCC[C@H]2C)c1-c1ccc(F)cc1. The van der Waals surface area contributed by atoms with Gasteiger partial charge in [-0.3, -0.25) is 9.59 Å². The van der Waals surface area contributed by atoms with Crippen molar-refractivity contribution in [3.8, 4) is 11.1 Å². The molecule has 0 spiro atoms. The molecule has 0 unspecified atom stereocenters. The van der Waals surface area contributed by atoms with E-state index >= 15 is 0 Å². The summed E-state index contributed by atoms with van der Waals surface area (Å²) in [5, 5.41) is 2.85. The zero-order valence-corrected chi connectivity index (χ0v) is 17.5. The third-order valence-electron chi connectivity index (χ3n) is 5.66. The van der Waals surface area contributed by atoms with Gasteiger partial charge < -0.3 is 15.0 Å². The van der Waals surface area contributed by atoms with E-state index < -0.39 is 23.5 Å². The van der Waals surface area contributed by atoms with Crippen LogP contribution in [-0.4, -0.2) is 35.3 Å². The van der Waals surface area contributed by atoms with E-state index in [4.69, 9.17) is 4.74 Å². The van der Waals surface area contributed by atoms with Crippen molar-refractivity contribution in [2.45, 2.75) is 52.5 Å². The largest absolute Gasteiger partial charge is 0.462 e. The van der Waals surface area contributed by atoms with Gasteiger partial charge in [-0.1, -0.05) is 31.9 Å². The fourth-order valence-electron chi connectivity index (χ4n) is 4.04. The molecule has 1 aliphatic rings. The molecule has 1 saturated carbocycles. The summed E-state index contributed by atoms with van der Waals surface area (Å²) in [4.78, 5) is 41.3. The Kier molecular flexibility index (Phi) is 6.70. The Hall–Kier alpha value is -2.96. The number of hydrogen-bond donors (Lipinski definition) is 2. The Labute approximate surface area is 175 Å². The molecule has 2 N–H and O–H groups in total. The van der Waals surface area contributed by atoms with Gasteiger partial charge in [0.25, 0.3) is 11.7 Å². The molecule has 1 heterocycles. The lowest BCUT2D eigenvalue weighted by Crippen LogP contribution is -2.44. The number of nitrogens with one attached hydrogen (secondary N) is 2. The van der Waals surface area contributed by atoms with E-state index in [9.17, 15) is 18.8 Å². The maximum atomic E-state index is 13.4. The molecule has 30 heavy (non-hydrogen) atoms. The summed E-state index contributed by atoms with van der Waals surface area (Å²) in [6.45, 7) is 5.55. The number of rotatable bonds is 6. The zero-order chi connectivity index (χ0) is 21.8. The Bertz CT molecular complexity index is 949. The van der Waals surface area contributed by atoms with Gasteiger partial charge in [0.2, 0.25) is 0 Å². The summed E-state index contributed by atoms with van der Waals surface area (Å²) in [5.41, 5.74) is 1.29. The molecule has 7 heteroatoms. The first-order chi connectivity index (χ1) is 14.3. The number of halogens is 1. The van der Waals surface area contributed by atoms with Crippen LogP contribution in [0.15, 0.2) is 24.3 Å². The van der Waals surface area contributed by atoms with Crippen LogP contribution in [0.4, 0.5) is 4.39 Å². The fraction of sp³-hybridized carbons (Fsp3) is 0.435. The van der Waals surface area contributed by atoms with Crippen molar-refractivity contribution in [3.05, 3.63) is 47.0 Å². The number of aromatic nitrogens is 1. The lowest BCUT2D eigenvalue weighted by atomic mass is 9.86. The summed E-state index contributed by atoms with van der Waals surface area (Å²) < 4.78 is 18.6. The molecule has 0 aliphatic heterocycles. The molecule has 0 radical (unpaired) electrons. The molecule has 2 aromatic rings. The fourth-order valence-corrected chi connectivity index (χ4v) is 4.04. The van der Waals surface area contributed by atoms with Crippen LogP contribution in [0, 0.1) is 18.7 Å². The third kappa shape index (κ3) is 4.45. The van der Waals surface area contributed by atoms with Gasteiger partial charge in [-0.25, -0.2) is 9.18 Å². The highest BCUT2D eigenvalue weighted by molar-refractivity contribution is 6.44. The number of carbonyl (C=O) groups excluding carboxylic acids is 3. The first-order valence-corrected chi connectivity index (χ1v) is 10.3. The lowest BCUT2D eigenvalue weighted by molar-refractivity contribution is -0.118. The van der Waals surface area contributed by atoms with Crippen LogP contribution in [0.3, 0.4) is 0 Å². The molecular weight excluding hydrogens is 387 g/mol. The minimum atomic E-state index is -0.759. The number of ketones is 1. The quantitative estimate of drug-likeness (QED) is 0.422. The Morgan fingerprint density at radius 1 is 1.17 bits per heavy atom. The van der Waals surface area contributed by atoms with E-state index in [-0.39, 0.29) is 29.5 Å². The zero-order valence-electron chi connectivity index (χ0n) is 17.5. The number of H-pyrrole nitrogens is 1. The molecule has 3 rings (SSSR count). The second kappa shape index (κ2) is 9.24. The highest BCUT2D eigenvalue weighted by atomic mass is 19.1. The number of hydrogen-bond acceptors (Lipinski definition) is 4. The molecule has 1 aliphatic carbocycles. The molecule has 160 valence electrons. The third-order valence-corrected chi connectivity index (χ3v) is 5.66. The standard InChI is InChI=1S/C23H27FN2O4/c1-4-30-23(29)18-14(3)25-20(19(18)15-9-11-16(24)12-10-15)21(27)22(28)26-17-8-6-5-7-13(17)2/h9-13,17,25H,4-8H2,1-3H3,(H,26,28)/t13-,17+/m1/s1. The Morgan fingerprint density at radius 3 is 2.47 bits per heavy atom. The predicted octanol–water partition coefficient (Wildman–Crippen LogP) is 4.18. The van der Waals surface area contributed by atoms with Gasteiger partial charge in [0, 0.05) is 17.3 Å². The van der Waals surface area contributed by atoms with Crippen LogP contribution in [-0.2, 0) is 9.53 Å². The minimum Gasteiger partial charge on any atom is -0.462 e. The second-order valence-corrected chi connectivity index (χ2v) is 7.77. The van der Waals surface area contributed by atoms with Crippen molar-refractivity contribution in [2.75, 3.05) is 6.61 Å². The van der Waals surface area contributed by atoms with Gasteiger partial charge in [0.15, 0.2) is 0 Å². The Morgan fingerprint density at radius 2 is 1.83 bits per heavy atom. The number of carbonyl (C=O) groups is 3. The normalized spacial score (nSPS) is 18.7. The smallest absolute Gasteiger partial charge is 0.340 e. The summed E-state index contributed by atoms with van der Waals surface area (Å²) >= 11 is 0. The van der Waals surface area contributed by atoms with Crippen molar-refractivity contribution in [2.24, 2.45) is 5.92 Å². The summed E-state index contributed by atoms with van der Waals surface area (Å²) in [6.07, 6.45) is 3.98. The second-order valence-electron chi connectivity index (χ2n) is 7.77. The average molecular weight is 414 g/mol. The van der Waals surface area contributed by atoms with Crippen molar-refractivity contribution < 1.29 is 23.5 Å². The van der Waals surface area contributed by atoms with E-state index in [0.29, 0.717) is 17.2 Å².